The van der Waals surface area contributed by atoms with Crippen molar-refractivity contribution in [3.05, 3.63) is 12.2 Å². The SMILES string of the molecule is C[C@]12CC[C@H]3[C@@H](CC[C@@]45O[C@@H]4C(=O)C=C[C@]35C)[C@@H]1CCC2=O. The van der Waals surface area contributed by atoms with E-state index in [1.54, 1.807) is 6.08 Å². The number of hydrogen-bond donors (Lipinski definition) is 0. The molecule has 1 aliphatic heterocycles. The first-order valence-electron chi connectivity index (χ1n) is 8.87. The maximum atomic E-state index is 12.4. The number of carbonyl (C=O) groups excluding carboxylic acids is 2. The Labute approximate surface area is 131 Å². The fraction of sp³-hybridized carbons (Fsp3) is 0.789. The maximum Gasteiger partial charge on any atom is 0.187 e. The van der Waals surface area contributed by atoms with Gasteiger partial charge in [-0.1, -0.05) is 19.9 Å². The molecule has 3 nitrogen and oxygen atoms in total. The predicted molar refractivity (Wildman–Crippen MR) is 81.1 cm³/mol. The summed E-state index contributed by atoms with van der Waals surface area (Å²) in [5.74, 6) is 2.41. The van der Waals surface area contributed by atoms with Crippen LogP contribution in [-0.2, 0) is 14.3 Å². The average molecular weight is 300 g/mol. The highest BCUT2D eigenvalue weighted by Crippen LogP contribution is 2.70. The molecule has 5 rings (SSSR count). The molecule has 0 aromatic rings. The van der Waals surface area contributed by atoms with E-state index >= 15 is 0 Å². The van der Waals surface area contributed by atoms with Gasteiger partial charge < -0.3 is 4.74 Å². The summed E-state index contributed by atoms with van der Waals surface area (Å²) in [5.41, 5.74) is -0.294. The minimum absolute atomic E-state index is 0.0124. The Kier molecular flexibility index (Phi) is 2.29. The maximum absolute atomic E-state index is 12.4. The topological polar surface area (TPSA) is 46.7 Å². The largest absolute Gasteiger partial charge is 0.356 e. The molecule has 3 heteroatoms. The number of ketones is 2. The summed E-state index contributed by atoms with van der Waals surface area (Å²) in [6.07, 6.45) is 9.86. The van der Waals surface area contributed by atoms with E-state index in [1.807, 2.05) is 0 Å². The molecule has 7 atom stereocenters. The highest BCUT2D eigenvalue weighted by molar-refractivity contribution is 5.98. The van der Waals surface area contributed by atoms with Crippen LogP contribution in [0.3, 0.4) is 0 Å². The molecule has 1 spiro atoms. The zero-order valence-electron chi connectivity index (χ0n) is 13.4. The molecule has 3 saturated carbocycles. The van der Waals surface area contributed by atoms with Crippen LogP contribution in [0.4, 0.5) is 0 Å². The molecule has 0 aromatic carbocycles. The van der Waals surface area contributed by atoms with Crippen molar-refractivity contribution in [3.8, 4) is 0 Å². The van der Waals surface area contributed by atoms with Crippen LogP contribution in [0, 0.1) is 28.6 Å². The lowest BCUT2D eigenvalue weighted by Gasteiger charge is -2.56. The molecule has 0 aromatic heterocycles. The number of carbonyl (C=O) groups is 2. The summed E-state index contributed by atoms with van der Waals surface area (Å²) in [7, 11) is 0. The van der Waals surface area contributed by atoms with Crippen molar-refractivity contribution >= 4 is 11.6 Å². The van der Waals surface area contributed by atoms with Gasteiger partial charge in [0.15, 0.2) is 11.9 Å². The highest BCUT2D eigenvalue weighted by Gasteiger charge is 2.75. The Morgan fingerprint density at radius 3 is 2.73 bits per heavy atom. The summed E-state index contributed by atoms with van der Waals surface area (Å²) in [4.78, 5) is 24.4. The van der Waals surface area contributed by atoms with E-state index in [-0.39, 0.29) is 28.3 Å². The van der Waals surface area contributed by atoms with Gasteiger partial charge in [-0.05, 0) is 55.9 Å². The van der Waals surface area contributed by atoms with Crippen LogP contribution in [0.5, 0.6) is 0 Å². The molecule has 4 aliphatic carbocycles. The number of hydrogen-bond acceptors (Lipinski definition) is 3. The highest BCUT2D eigenvalue weighted by atomic mass is 16.6. The summed E-state index contributed by atoms with van der Waals surface area (Å²) in [6, 6.07) is 0. The van der Waals surface area contributed by atoms with E-state index in [9.17, 15) is 9.59 Å². The Morgan fingerprint density at radius 1 is 1.09 bits per heavy atom. The number of epoxide rings is 1. The molecule has 0 amide bonds. The number of rotatable bonds is 0. The summed E-state index contributed by atoms with van der Waals surface area (Å²) >= 11 is 0. The minimum Gasteiger partial charge on any atom is -0.356 e. The molecule has 1 heterocycles. The van der Waals surface area contributed by atoms with Gasteiger partial charge in [0.2, 0.25) is 0 Å². The van der Waals surface area contributed by atoms with Crippen LogP contribution in [-0.4, -0.2) is 23.3 Å². The molecule has 5 aliphatic rings. The van der Waals surface area contributed by atoms with Gasteiger partial charge in [0, 0.05) is 17.3 Å². The number of ether oxygens (including phenoxy) is 1. The van der Waals surface area contributed by atoms with Crippen molar-refractivity contribution in [3.63, 3.8) is 0 Å². The van der Waals surface area contributed by atoms with Crippen molar-refractivity contribution in [1.29, 1.82) is 0 Å². The van der Waals surface area contributed by atoms with Crippen molar-refractivity contribution in [2.24, 2.45) is 28.6 Å². The van der Waals surface area contributed by atoms with Gasteiger partial charge in [-0.3, -0.25) is 9.59 Å². The quantitative estimate of drug-likeness (QED) is 0.646. The smallest absolute Gasteiger partial charge is 0.187 e. The second kappa shape index (κ2) is 3.75. The van der Waals surface area contributed by atoms with Gasteiger partial charge in [0.05, 0.1) is 0 Å². The van der Waals surface area contributed by atoms with E-state index < -0.39 is 0 Å². The molecule has 22 heavy (non-hydrogen) atoms. The van der Waals surface area contributed by atoms with Gasteiger partial charge in [-0.15, -0.1) is 0 Å². The standard InChI is InChI=1S/C19H24O3/c1-17-8-6-13-11(12(17)3-4-15(17)21)5-10-19-16(22-19)14(20)7-9-18(13,19)2/h7,9,11-13,16H,3-6,8,10H2,1-2H3/t11-,12-,13-,16+,17-,18+,19+/m0/s1. The van der Waals surface area contributed by atoms with Crippen molar-refractivity contribution in [2.75, 3.05) is 0 Å². The molecular formula is C19H24O3. The lowest BCUT2D eigenvalue weighted by Crippen LogP contribution is -2.56. The average Bonchev–Trinajstić information content (AvgIpc) is 3.17. The van der Waals surface area contributed by atoms with E-state index in [1.165, 1.54) is 0 Å². The van der Waals surface area contributed by atoms with Gasteiger partial charge in [-0.2, -0.15) is 0 Å². The number of fused-ring (bicyclic) bond motifs is 4. The lowest BCUT2D eigenvalue weighted by atomic mass is 9.46. The zero-order valence-corrected chi connectivity index (χ0v) is 13.4. The third kappa shape index (κ3) is 1.26. The second-order valence-corrected chi connectivity index (χ2v) is 8.74. The van der Waals surface area contributed by atoms with Gasteiger partial charge in [0.1, 0.15) is 11.4 Å². The van der Waals surface area contributed by atoms with Crippen LogP contribution < -0.4 is 0 Å². The lowest BCUT2D eigenvalue weighted by molar-refractivity contribution is -0.134. The van der Waals surface area contributed by atoms with E-state index in [2.05, 4.69) is 19.9 Å². The Bertz CT molecular complexity index is 622. The molecule has 118 valence electrons. The molecule has 0 unspecified atom stereocenters. The van der Waals surface area contributed by atoms with Crippen molar-refractivity contribution in [2.45, 2.75) is 64.1 Å². The van der Waals surface area contributed by atoms with Crippen LogP contribution in [0.2, 0.25) is 0 Å². The van der Waals surface area contributed by atoms with Gasteiger partial charge in [0.25, 0.3) is 0 Å². The van der Waals surface area contributed by atoms with Gasteiger partial charge in [-0.25, -0.2) is 0 Å². The first-order valence-corrected chi connectivity index (χ1v) is 8.87. The van der Waals surface area contributed by atoms with Crippen molar-refractivity contribution < 1.29 is 14.3 Å². The summed E-state index contributed by atoms with van der Waals surface area (Å²) in [5, 5.41) is 0. The molecule has 0 N–H and O–H groups in total. The van der Waals surface area contributed by atoms with Crippen LogP contribution >= 0.6 is 0 Å². The van der Waals surface area contributed by atoms with Gasteiger partial charge >= 0.3 is 0 Å². The Hall–Kier alpha value is -0.960. The second-order valence-electron chi connectivity index (χ2n) is 8.74. The van der Waals surface area contributed by atoms with Crippen LogP contribution in [0.1, 0.15) is 52.4 Å². The van der Waals surface area contributed by atoms with E-state index in [0.29, 0.717) is 23.5 Å². The third-order valence-corrected chi connectivity index (χ3v) is 8.22. The fourth-order valence-electron chi connectivity index (χ4n) is 6.84. The van der Waals surface area contributed by atoms with Crippen LogP contribution in [0.15, 0.2) is 12.2 Å². The molecule has 0 bridgehead atoms. The predicted octanol–water partition coefficient (Wildman–Crippen LogP) is 3.07. The van der Waals surface area contributed by atoms with Crippen molar-refractivity contribution in [1.82, 2.24) is 0 Å². The van der Waals surface area contributed by atoms with Crippen LogP contribution in [0.25, 0.3) is 0 Å². The molecule has 1 saturated heterocycles. The number of Topliss-reactive ketones (excluding diaryl/α,β-unsaturated/α-hetero) is 1. The Morgan fingerprint density at radius 2 is 1.91 bits per heavy atom. The molecule has 0 radical (unpaired) electrons. The first kappa shape index (κ1) is 13.5. The Balaban J connectivity index is 1.56. The molecule has 4 fully saturated rings. The third-order valence-electron chi connectivity index (χ3n) is 8.22. The normalized spacial score (nSPS) is 58.6. The first-order chi connectivity index (χ1) is 10.4. The van der Waals surface area contributed by atoms with E-state index in [0.717, 1.165) is 38.5 Å². The monoisotopic (exact) mass is 300 g/mol. The minimum atomic E-state index is -0.212. The fourth-order valence-corrected chi connectivity index (χ4v) is 6.84. The summed E-state index contributed by atoms with van der Waals surface area (Å²) in [6.45, 7) is 4.53. The van der Waals surface area contributed by atoms with E-state index in [4.69, 9.17) is 4.74 Å². The summed E-state index contributed by atoms with van der Waals surface area (Å²) < 4.78 is 6.01. The zero-order chi connectivity index (χ0) is 15.3. The molecular weight excluding hydrogens is 276 g/mol.